The van der Waals surface area contributed by atoms with Crippen LogP contribution in [-0.4, -0.2) is 142 Å². The summed E-state index contributed by atoms with van der Waals surface area (Å²) in [4.78, 5) is 83.0. The van der Waals surface area contributed by atoms with Crippen molar-refractivity contribution in [1.29, 1.82) is 0 Å². The zero-order chi connectivity index (χ0) is 49.2. The van der Waals surface area contributed by atoms with Gasteiger partial charge < -0.3 is 34.1 Å². The molecule has 4 aromatic rings. The van der Waals surface area contributed by atoms with E-state index in [0.29, 0.717) is 75.6 Å². The molecule has 3 aromatic heterocycles. The topological polar surface area (TPSA) is 172 Å². The summed E-state index contributed by atoms with van der Waals surface area (Å²) in [6.07, 6.45) is -1.40. The first-order valence-electron chi connectivity index (χ1n) is 22.8. The number of rotatable bonds is 9. The summed E-state index contributed by atoms with van der Waals surface area (Å²) in [6, 6.07) is 5.10. The van der Waals surface area contributed by atoms with E-state index in [1.54, 1.807) is 66.4 Å². The van der Waals surface area contributed by atoms with Gasteiger partial charge in [0.05, 0.1) is 34.8 Å². The number of fused-ring (bicyclic) bond motifs is 6. The average Bonchev–Trinajstić information content (AvgIpc) is 3.90. The number of ether oxygens (including phenoxy) is 2. The molecule has 3 aliphatic heterocycles. The minimum atomic E-state index is -4.60. The average molecular weight is 1100 g/mol. The maximum Gasteiger partial charge on any atom is 0.406 e. The molecule has 0 spiro atoms. The minimum Gasteiger partial charge on any atom is -0.464 e. The van der Waals surface area contributed by atoms with E-state index in [1.807, 2.05) is 19.9 Å². The summed E-state index contributed by atoms with van der Waals surface area (Å²) in [5, 5.41) is 7.10. The first-order chi connectivity index (χ1) is 32.2. The number of pyridine rings is 1. The number of esters is 1. The highest BCUT2D eigenvalue weighted by molar-refractivity contribution is 7.59. The first kappa shape index (κ1) is 61.8. The van der Waals surface area contributed by atoms with E-state index in [0.717, 1.165) is 0 Å². The lowest BCUT2D eigenvalue weighted by atomic mass is 9.84. The lowest BCUT2D eigenvalue weighted by Gasteiger charge is -2.39. The minimum absolute atomic E-state index is 0. The van der Waals surface area contributed by atoms with Crippen LogP contribution in [0.5, 0.6) is 0 Å². The zero-order valence-corrected chi connectivity index (χ0v) is 46.3. The zero-order valence-electron chi connectivity index (χ0n) is 41.5. The number of cyclic esters (lactones) is 1. The highest BCUT2D eigenvalue weighted by Gasteiger charge is 2.40. The third-order valence-corrected chi connectivity index (χ3v) is 13.7. The fourth-order valence-corrected chi connectivity index (χ4v) is 10.2. The van der Waals surface area contributed by atoms with E-state index in [4.69, 9.17) is 14.5 Å². The van der Waals surface area contributed by atoms with Crippen molar-refractivity contribution < 1.29 is 46.6 Å². The van der Waals surface area contributed by atoms with E-state index in [1.165, 1.54) is 46.0 Å². The molecule has 0 saturated carbocycles. The van der Waals surface area contributed by atoms with E-state index >= 15 is 0 Å². The van der Waals surface area contributed by atoms with Crippen molar-refractivity contribution in [2.24, 2.45) is 11.3 Å². The predicted molar refractivity (Wildman–Crippen MR) is 291 cm³/mol. The maximum absolute atomic E-state index is 14.6. The van der Waals surface area contributed by atoms with Crippen LogP contribution in [0.25, 0.3) is 33.4 Å². The Bertz CT molecular complexity index is 2570. The number of nitrogens with zero attached hydrogens (tertiary/aromatic N) is 7. The summed E-state index contributed by atoms with van der Waals surface area (Å²) in [5.74, 6) is -2.31. The van der Waals surface area contributed by atoms with Crippen LogP contribution in [0.4, 0.5) is 18.0 Å². The van der Waals surface area contributed by atoms with Gasteiger partial charge in [0.15, 0.2) is 0 Å². The van der Waals surface area contributed by atoms with Crippen LogP contribution < -0.4 is 10.7 Å². The summed E-state index contributed by atoms with van der Waals surface area (Å²) in [7, 11) is 3.05. The second-order valence-electron chi connectivity index (χ2n) is 18.8. The number of nitrogens with one attached hydrogen (secondary N) is 2. The van der Waals surface area contributed by atoms with Crippen molar-refractivity contribution in [2.75, 3.05) is 53.5 Å². The van der Waals surface area contributed by atoms with Crippen molar-refractivity contribution in [2.45, 2.75) is 97.3 Å². The molecule has 2 N–H and O–H groups in total. The Morgan fingerprint density at radius 3 is 2.38 bits per heavy atom. The number of urea groups is 1. The normalized spacial score (nSPS) is 19.0. The van der Waals surface area contributed by atoms with Gasteiger partial charge in [0.25, 0.3) is 5.91 Å². The summed E-state index contributed by atoms with van der Waals surface area (Å²) in [6.45, 7) is 12.7. The lowest BCUT2D eigenvalue weighted by molar-refractivity contribution is -0.155. The van der Waals surface area contributed by atoms with Crippen molar-refractivity contribution in [1.82, 2.24) is 45.0 Å². The lowest BCUT2D eigenvalue weighted by Crippen LogP contribution is -2.63. The molecule has 2 saturated heterocycles. The van der Waals surface area contributed by atoms with Gasteiger partial charge >= 0.3 is 18.2 Å². The van der Waals surface area contributed by atoms with Gasteiger partial charge in [-0.05, 0) is 68.0 Å². The highest BCUT2D eigenvalue weighted by atomic mass is 32.1. The van der Waals surface area contributed by atoms with Gasteiger partial charge in [-0.15, -0.1) is 11.3 Å². The second kappa shape index (κ2) is 25.7. The third-order valence-electron chi connectivity index (χ3n) is 12.8. The number of hydrazine groups is 1. The second-order valence-corrected chi connectivity index (χ2v) is 19.8. The number of alkyl halides is 3. The summed E-state index contributed by atoms with van der Waals surface area (Å²) in [5.41, 5.74) is 5.56. The van der Waals surface area contributed by atoms with Crippen LogP contribution in [0, 0.1) is 11.3 Å². The Morgan fingerprint density at radius 1 is 1.06 bits per heavy atom. The summed E-state index contributed by atoms with van der Waals surface area (Å²) >= 11 is 1.26. The molecule has 6 heterocycles. The fraction of sp³-hybridized carbons (Fsp3) is 0.521. The van der Waals surface area contributed by atoms with Crippen LogP contribution >= 0.6 is 65.3 Å². The highest BCUT2D eigenvalue weighted by Crippen LogP contribution is 2.43. The van der Waals surface area contributed by atoms with Crippen molar-refractivity contribution in [3.05, 3.63) is 70.8 Å². The number of likely N-dealkylation sites (N-methyl/N-ethyl adjacent to an activating group) is 1. The van der Waals surface area contributed by atoms with Crippen LogP contribution in [0.2, 0.25) is 0 Å². The van der Waals surface area contributed by atoms with E-state index in [2.05, 4.69) is 22.3 Å². The van der Waals surface area contributed by atoms with Gasteiger partial charge in [-0.25, -0.2) is 15.2 Å². The third kappa shape index (κ3) is 13.8. The van der Waals surface area contributed by atoms with Crippen LogP contribution in [-0.2, 0) is 48.0 Å². The maximum atomic E-state index is 14.6. The van der Waals surface area contributed by atoms with Crippen molar-refractivity contribution in [3.63, 3.8) is 0 Å². The number of carbonyl (C=O) groups is 5. The monoisotopic (exact) mass is 1100 g/mol. The molecule has 0 unspecified atom stereocenters. The van der Waals surface area contributed by atoms with Crippen LogP contribution in [0.15, 0.2) is 54.6 Å². The number of thiazole rings is 1. The number of carbonyl (C=O) groups excluding carboxylic acids is 5. The molecule has 0 aliphatic carbocycles. The van der Waals surface area contributed by atoms with Crippen LogP contribution in [0.3, 0.4) is 0 Å². The summed E-state index contributed by atoms with van der Waals surface area (Å²) < 4.78 is 56.8. The number of benzene rings is 1. The molecule has 5 amide bonds. The molecule has 4 atom stereocenters. The standard InChI is InChI=1S/C48H60F3N9O7S.4H2S/c1-9-39(61)57-18-20-58(21-19-57)46(65)56(7)41(28(2)3)43(62)54-35-23-38-53-36(25-68-38)30-14-15-37-32(22-30)33(24-47(5,6)27-67-45(64)34-13-11-17-60(55-34)44(35)63)42(59(37)26-48(49,50)51)31-12-10-16-52-40(31)29(4)66-8;;;;/h9-10,12,14-16,22,25,28-29,34-35,41,55H,1,11,13,17-21,23-24,26-27H2,2-8H3,(H,54,62);4*1H2/t29-,34-,35-,41-;;;;/m0..../s1. The number of aromatic nitrogens is 3. The molecular formula is C48H68F3N9O7S5. The number of methoxy groups -OCH3 is 1. The van der Waals surface area contributed by atoms with Gasteiger partial charge in [0.1, 0.15) is 24.7 Å². The van der Waals surface area contributed by atoms with Gasteiger partial charge in [0.2, 0.25) is 11.8 Å². The molecule has 398 valence electrons. The molecule has 1 aromatic carbocycles. The smallest absolute Gasteiger partial charge is 0.406 e. The number of hydrogen-bond donors (Lipinski definition) is 2. The first-order valence-corrected chi connectivity index (χ1v) is 23.7. The fourth-order valence-electron chi connectivity index (χ4n) is 9.35. The Balaban J connectivity index is 0.00000342. The van der Waals surface area contributed by atoms with Crippen molar-refractivity contribution in [3.8, 4) is 22.5 Å². The van der Waals surface area contributed by atoms with E-state index in [-0.39, 0.29) is 105 Å². The van der Waals surface area contributed by atoms with E-state index in [9.17, 15) is 37.1 Å². The molecule has 16 nitrogen and oxygen atoms in total. The Kier molecular flexibility index (Phi) is 22.0. The molecule has 24 heteroatoms. The van der Waals surface area contributed by atoms with Gasteiger partial charge in [-0.1, -0.05) is 40.3 Å². The molecule has 7 rings (SSSR count). The van der Waals surface area contributed by atoms with Gasteiger partial charge in [-0.3, -0.25) is 29.2 Å². The van der Waals surface area contributed by atoms with E-state index < -0.39 is 66.2 Å². The largest absolute Gasteiger partial charge is 0.464 e. The molecule has 2 fully saturated rings. The molecule has 3 aliphatic rings. The number of piperazine rings is 1. The Labute approximate surface area is 450 Å². The van der Waals surface area contributed by atoms with Gasteiger partial charge in [-0.2, -0.15) is 67.2 Å². The molecule has 72 heavy (non-hydrogen) atoms. The number of hydrogen-bond acceptors (Lipinski definition) is 11. The predicted octanol–water partition coefficient (Wildman–Crippen LogP) is 6.60. The van der Waals surface area contributed by atoms with Crippen molar-refractivity contribution >= 4 is 106 Å². The quantitative estimate of drug-likeness (QED) is 0.138. The van der Waals surface area contributed by atoms with Crippen LogP contribution in [0.1, 0.15) is 69.8 Å². The Hall–Kier alpha value is -4.46. The van der Waals surface area contributed by atoms with Gasteiger partial charge in [0, 0.05) is 92.3 Å². The SMILES string of the molecule is C=CC(=O)N1CCN(C(=O)N(C)[C@H](C(=O)N[C@H]2Cc3nc(cs3)-c3ccc4c(c3)c(c(-c3cccnc3[C@H](C)OC)n4CC(F)(F)F)CC(C)(C)COC(=O)[C@@H]3CCCN(N3)C2=O)C(C)C)CC1.S.S.S.S. The molecular weight excluding hydrogens is 1030 g/mol. The number of halogens is 3. The Morgan fingerprint density at radius 2 is 1.74 bits per heavy atom. The molecule has 6 bridgehead atoms. The number of amides is 5. The molecule has 0 radical (unpaired) electrons.